The van der Waals surface area contributed by atoms with Gasteiger partial charge in [0.2, 0.25) is 0 Å². The molecule has 0 bridgehead atoms. The van der Waals surface area contributed by atoms with E-state index in [1.165, 1.54) is 0 Å². The topological polar surface area (TPSA) is 17.8 Å². The van der Waals surface area contributed by atoms with E-state index < -0.39 is 0 Å². The van der Waals surface area contributed by atoms with Crippen LogP contribution < -0.4 is 0 Å². The lowest BCUT2D eigenvalue weighted by molar-refractivity contribution is 0.540. The lowest BCUT2D eigenvalue weighted by Crippen LogP contribution is -2.16. The molecule has 2 aromatic carbocycles. The fourth-order valence-electron chi connectivity index (χ4n) is 2.96. The van der Waals surface area contributed by atoms with E-state index in [1.54, 1.807) is 6.20 Å². The van der Waals surface area contributed by atoms with Crippen LogP contribution >= 0.6 is 23.2 Å². The molecule has 0 saturated heterocycles. The number of nitrogens with zero attached hydrogens (tertiary/aromatic N) is 2. The van der Waals surface area contributed by atoms with Gasteiger partial charge in [0.15, 0.2) is 0 Å². The van der Waals surface area contributed by atoms with Gasteiger partial charge >= 0.3 is 0 Å². The average molecular weight is 371 g/mol. The molecule has 0 aliphatic rings. The maximum Gasteiger partial charge on any atom is 0.0989 e. The van der Waals surface area contributed by atoms with Crippen molar-refractivity contribution in [3.8, 4) is 0 Å². The highest BCUT2D eigenvalue weighted by Gasteiger charge is 2.25. The molecular formula is C21H20Cl2N2. The maximum atomic E-state index is 6.10. The Bertz CT molecular complexity index is 822. The van der Waals surface area contributed by atoms with E-state index >= 15 is 0 Å². The first-order chi connectivity index (χ1) is 11.9. The summed E-state index contributed by atoms with van der Waals surface area (Å²) < 4.78 is 2.08. The molecule has 0 amide bonds. The molecule has 0 spiro atoms. The Hall–Kier alpha value is -2.03. The lowest BCUT2D eigenvalue weighted by atomic mass is 9.83. The maximum absolute atomic E-state index is 6.10. The second-order valence-corrected chi connectivity index (χ2v) is 7.83. The van der Waals surface area contributed by atoms with Gasteiger partial charge in [-0.25, -0.2) is 4.98 Å². The van der Waals surface area contributed by atoms with Crippen LogP contribution in [0.15, 0.2) is 67.3 Å². The van der Waals surface area contributed by atoms with Gasteiger partial charge in [-0.2, -0.15) is 0 Å². The first-order valence-electron chi connectivity index (χ1n) is 8.11. The smallest absolute Gasteiger partial charge is 0.0989 e. The number of aromatic nitrogens is 2. The van der Waals surface area contributed by atoms with Crippen molar-refractivity contribution in [3.63, 3.8) is 0 Å². The number of imidazole rings is 1. The first-order valence-corrected chi connectivity index (χ1v) is 8.87. The Labute approximate surface area is 158 Å². The van der Waals surface area contributed by atoms with Crippen molar-refractivity contribution in [2.24, 2.45) is 5.41 Å². The molecule has 0 aliphatic heterocycles. The predicted molar refractivity (Wildman–Crippen MR) is 107 cm³/mol. The molecule has 0 unspecified atom stereocenters. The summed E-state index contributed by atoms with van der Waals surface area (Å²) in [5.74, 6) is 0. The molecule has 3 rings (SSSR count). The van der Waals surface area contributed by atoms with Crippen LogP contribution in [-0.2, 0) is 0 Å². The minimum Gasteiger partial charge on any atom is -0.309 e. The standard InChI is InChI=1S/C21H20Cl2N2/c1-21(2,3)20(25-13-12-24-14-25)19(15-4-8-17(22)9-5-15)16-6-10-18(23)11-7-16/h4-14H,1-3H3. The second-order valence-electron chi connectivity index (χ2n) is 6.96. The van der Waals surface area contributed by atoms with Crippen molar-refractivity contribution in [2.45, 2.75) is 20.8 Å². The summed E-state index contributed by atoms with van der Waals surface area (Å²) in [7, 11) is 0. The van der Waals surface area contributed by atoms with Crippen LogP contribution in [0.5, 0.6) is 0 Å². The van der Waals surface area contributed by atoms with E-state index in [-0.39, 0.29) is 5.41 Å². The predicted octanol–water partition coefficient (Wildman–Crippen LogP) is 6.65. The lowest BCUT2D eigenvalue weighted by Gasteiger charge is -2.28. The highest BCUT2D eigenvalue weighted by atomic mass is 35.5. The minimum absolute atomic E-state index is 0.102. The van der Waals surface area contributed by atoms with Gasteiger partial charge in [-0.3, -0.25) is 0 Å². The average Bonchev–Trinajstić information content (AvgIpc) is 3.07. The quantitative estimate of drug-likeness (QED) is 0.504. The fourth-order valence-corrected chi connectivity index (χ4v) is 3.21. The van der Waals surface area contributed by atoms with Crippen LogP contribution in [0.1, 0.15) is 31.9 Å². The van der Waals surface area contributed by atoms with Gasteiger partial charge in [-0.05, 0) is 35.4 Å². The molecular weight excluding hydrogens is 351 g/mol. The summed E-state index contributed by atoms with van der Waals surface area (Å²) in [6, 6.07) is 15.9. The number of rotatable bonds is 3. The summed E-state index contributed by atoms with van der Waals surface area (Å²) in [5, 5.41) is 1.44. The highest BCUT2D eigenvalue weighted by molar-refractivity contribution is 6.31. The zero-order chi connectivity index (χ0) is 18.0. The van der Waals surface area contributed by atoms with Gasteiger partial charge in [0.25, 0.3) is 0 Å². The van der Waals surface area contributed by atoms with Crippen molar-refractivity contribution < 1.29 is 0 Å². The molecule has 0 saturated carbocycles. The molecule has 1 heterocycles. The number of benzene rings is 2. The molecule has 0 N–H and O–H groups in total. The van der Waals surface area contributed by atoms with Gasteiger partial charge < -0.3 is 4.57 Å². The molecule has 4 heteroatoms. The van der Waals surface area contributed by atoms with Gasteiger partial charge in [0.1, 0.15) is 0 Å². The monoisotopic (exact) mass is 370 g/mol. The summed E-state index contributed by atoms with van der Waals surface area (Å²) in [4.78, 5) is 4.24. The van der Waals surface area contributed by atoms with Gasteiger partial charge in [-0.1, -0.05) is 68.2 Å². The third-order valence-corrected chi connectivity index (χ3v) is 4.48. The van der Waals surface area contributed by atoms with E-state index in [1.807, 2.05) is 36.8 Å². The Morgan fingerprint density at radius 2 is 1.32 bits per heavy atom. The molecule has 128 valence electrons. The zero-order valence-corrected chi connectivity index (χ0v) is 16.0. The molecule has 25 heavy (non-hydrogen) atoms. The summed E-state index contributed by atoms with van der Waals surface area (Å²) in [5.41, 5.74) is 4.40. The van der Waals surface area contributed by atoms with Gasteiger partial charge in [-0.15, -0.1) is 0 Å². The van der Waals surface area contributed by atoms with Crippen molar-refractivity contribution in [2.75, 3.05) is 0 Å². The number of hydrogen-bond acceptors (Lipinski definition) is 1. The van der Waals surface area contributed by atoms with Crippen LogP contribution in [0.3, 0.4) is 0 Å². The fraction of sp³-hybridized carbons (Fsp3) is 0.190. The Kier molecular flexibility index (Phi) is 5.03. The largest absolute Gasteiger partial charge is 0.309 e. The molecule has 3 aromatic rings. The zero-order valence-electron chi connectivity index (χ0n) is 14.5. The molecule has 0 atom stereocenters. The normalized spacial score (nSPS) is 11.4. The minimum atomic E-state index is -0.102. The molecule has 0 aliphatic carbocycles. The Morgan fingerprint density at radius 3 is 1.68 bits per heavy atom. The number of allylic oxidation sites excluding steroid dienone is 1. The number of halogens is 2. The molecule has 0 radical (unpaired) electrons. The van der Waals surface area contributed by atoms with Crippen LogP contribution in [0, 0.1) is 5.41 Å². The van der Waals surface area contributed by atoms with Gasteiger partial charge in [0, 0.05) is 39.1 Å². The molecule has 0 fully saturated rings. The van der Waals surface area contributed by atoms with Crippen LogP contribution in [0.4, 0.5) is 0 Å². The van der Waals surface area contributed by atoms with Gasteiger partial charge in [0.05, 0.1) is 6.33 Å². The molecule has 2 nitrogen and oxygen atoms in total. The van der Waals surface area contributed by atoms with Crippen LogP contribution in [-0.4, -0.2) is 9.55 Å². The summed E-state index contributed by atoms with van der Waals surface area (Å²) in [6.07, 6.45) is 5.62. The van der Waals surface area contributed by atoms with Crippen LogP contribution in [0.2, 0.25) is 10.0 Å². The third-order valence-electron chi connectivity index (χ3n) is 3.98. The third kappa shape index (κ3) is 3.97. The van der Waals surface area contributed by atoms with Crippen LogP contribution in [0.25, 0.3) is 11.3 Å². The second kappa shape index (κ2) is 7.07. The van der Waals surface area contributed by atoms with Crippen molar-refractivity contribution in [1.29, 1.82) is 0 Å². The van der Waals surface area contributed by atoms with E-state index in [0.29, 0.717) is 0 Å². The van der Waals surface area contributed by atoms with Crippen molar-refractivity contribution in [1.82, 2.24) is 9.55 Å². The first kappa shape index (κ1) is 17.8. The number of hydrogen-bond donors (Lipinski definition) is 0. The van der Waals surface area contributed by atoms with E-state index in [0.717, 1.165) is 32.4 Å². The summed E-state index contributed by atoms with van der Waals surface area (Å²) in [6.45, 7) is 6.61. The van der Waals surface area contributed by atoms with Crippen molar-refractivity contribution >= 4 is 34.5 Å². The summed E-state index contributed by atoms with van der Waals surface area (Å²) >= 11 is 12.2. The molecule has 1 aromatic heterocycles. The Morgan fingerprint density at radius 1 is 0.840 bits per heavy atom. The van der Waals surface area contributed by atoms with E-state index in [9.17, 15) is 0 Å². The van der Waals surface area contributed by atoms with Crippen molar-refractivity contribution in [3.05, 3.63) is 88.4 Å². The Balaban J connectivity index is 2.35. The highest BCUT2D eigenvalue weighted by Crippen LogP contribution is 2.40. The SMILES string of the molecule is CC(C)(C)C(=C(c1ccc(Cl)cc1)c1ccc(Cl)cc1)n1ccnc1. The van der Waals surface area contributed by atoms with E-state index in [2.05, 4.69) is 54.6 Å². The van der Waals surface area contributed by atoms with E-state index in [4.69, 9.17) is 23.2 Å².